The molecule has 5 nitrogen and oxygen atoms in total. The molecule has 0 spiro atoms. The van der Waals surface area contributed by atoms with Gasteiger partial charge in [0, 0.05) is 5.41 Å². The molecule has 0 aliphatic heterocycles. The van der Waals surface area contributed by atoms with E-state index in [-0.39, 0.29) is 16.8 Å². The van der Waals surface area contributed by atoms with Crippen molar-refractivity contribution in [3.8, 4) is 0 Å². The van der Waals surface area contributed by atoms with E-state index in [1.54, 1.807) is 0 Å². The number of aromatic nitrogens is 3. The van der Waals surface area contributed by atoms with Crippen LogP contribution in [0.3, 0.4) is 0 Å². The van der Waals surface area contributed by atoms with Gasteiger partial charge < -0.3 is 10.7 Å². The van der Waals surface area contributed by atoms with Gasteiger partial charge in [0.1, 0.15) is 5.82 Å². The number of nitrogens with zero attached hydrogens (tertiary/aromatic N) is 2. The van der Waals surface area contributed by atoms with Crippen LogP contribution < -0.4 is 11.3 Å². The van der Waals surface area contributed by atoms with Gasteiger partial charge in [0.05, 0.1) is 0 Å². The molecule has 1 heterocycles. The lowest BCUT2D eigenvalue weighted by Crippen LogP contribution is -2.50. The van der Waals surface area contributed by atoms with Gasteiger partial charge in [-0.1, -0.05) is 0 Å². The highest BCUT2D eigenvalue weighted by Gasteiger charge is 2.53. The first kappa shape index (κ1) is 10.5. The summed E-state index contributed by atoms with van der Waals surface area (Å²) in [6, 6.07) is 0. The van der Waals surface area contributed by atoms with E-state index in [0.29, 0.717) is 0 Å². The van der Waals surface area contributed by atoms with Crippen molar-refractivity contribution < 1.29 is 0 Å². The molecule has 4 fully saturated rings. The molecule has 1 aromatic rings. The monoisotopic (exact) mass is 246 g/mol. The van der Waals surface area contributed by atoms with Crippen LogP contribution in [0.4, 0.5) is 5.82 Å². The molecule has 0 saturated heterocycles. The van der Waals surface area contributed by atoms with E-state index >= 15 is 0 Å². The minimum atomic E-state index is -0.282. The van der Waals surface area contributed by atoms with Crippen LogP contribution >= 0.6 is 0 Å². The zero-order valence-electron chi connectivity index (χ0n) is 10.4. The highest BCUT2D eigenvalue weighted by molar-refractivity contribution is 5.23. The Morgan fingerprint density at radius 2 is 1.61 bits per heavy atom. The first-order valence-electron chi connectivity index (χ1n) is 6.87. The van der Waals surface area contributed by atoms with Gasteiger partial charge in [-0.05, 0) is 56.3 Å². The molecular weight excluding hydrogens is 228 g/mol. The highest BCUT2D eigenvalue weighted by Crippen LogP contribution is 2.59. The number of rotatable bonds is 1. The third kappa shape index (κ3) is 1.36. The summed E-state index contributed by atoms with van der Waals surface area (Å²) in [5, 5.41) is 8.02. The molecule has 4 bridgehead atoms. The number of hydrogen-bond donors (Lipinski definition) is 2. The molecule has 18 heavy (non-hydrogen) atoms. The van der Waals surface area contributed by atoms with Crippen molar-refractivity contribution in [3.63, 3.8) is 0 Å². The molecule has 0 aromatic carbocycles. The van der Waals surface area contributed by atoms with Crippen LogP contribution in [-0.2, 0) is 5.41 Å². The first-order chi connectivity index (χ1) is 8.64. The van der Waals surface area contributed by atoms with Crippen LogP contribution in [0.2, 0.25) is 0 Å². The lowest BCUT2D eigenvalue weighted by atomic mass is 9.49. The van der Waals surface area contributed by atoms with E-state index in [1.807, 2.05) is 0 Å². The second-order valence-corrected chi connectivity index (χ2v) is 6.59. The lowest BCUT2D eigenvalue weighted by molar-refractivity contribution is -0.00994. The quantitative estimate of drug-likeness (QED) is 0.780. The number of H-pyrrole nitrogens is 1. The van der Waals surface area contributed by atoms with Gasteiger partial charge in [-0.25, -0.2) is 0 Å². The van der Waals surface area contributed by atoms with Crippen LogP contribution in [0, 0.1) is 17.8 Å². The van der Waals surface area contributed by atoms with E-state index < -0.39 is 0 Å². The van der Waals surface area contributed by atoms with E-state index in [0.717, 1.165) is 23.6 Å². The zero-order chi connectivity index (χ0) is 12.3. The molecule has 0 amide bonds. The smallest absolute Gasteiger partial charge is 0.293 e. The summed E-state index contributed by atoms with van der Waals surface area (Å²) in [6.07, 6.45) is 7.66. The molecule has 5 rings (SSSR count). The maximum atomic E-state index is 11.6. The topological polar surface area (TPSA) is 84.7 Å². The molecule has 4 aliphatic carbocycles. The van der Waals surface area contributed by atoms with Crippen molar-refractivity contribution in [1.82, 2.24) is 15.2 Å². The molecule has 4 aliphatic rings. The first-order valence-corrected chi connectivity index (χ1v) is 6.87. The molecule has 0 atom stereocenters. The molecule has 3 N–H and O–H groups in total. The van der Waals surface area contributed by atoms with Gasteiger partial charge in [0.2, 0.25) is 5.82 Å². The van der Waals surface area contributed by atoms with Crippen molar-refractivity contribution in [1.29, 1.82) is 0 Å². The fourth-order valence-corrected chi connectivity index (χ4v) is 4.99. The third-order valence-corrected chi connectivity index (χ3v) is 5.26. The lowest BCUT2D eigenvalue weighted by Gasteiger charge is -2.55. The van der Waals surface area contributed by atoms with E-state index in [2.05, 4.69) is 15.2 Å². The molecule has 4 saturated carbocycles. The predicted molar refractivity (Wildman–Crippen MR) is 66.9 cm³/mol. The zero-order valence-corrected chi connectivity index (χ0v) is 10.4. The van der Waals surface area contributed by atoms with Crippen LogP contribution in [-0.4, -0.2) is 15.2 Å². The normalized spacial score (nSPS) is 41.2. The summed E-state index contributed by atoms with van der Waals surface area (Å²) in [4.78, 5) is 14.5. The number of nitrogens with one attached hydrogen (secondary N) is 1. The standard InChI is InChI=1S/C13H18N4O/c14-10-11(18)15-12(17-16-10)13-4-7-1-8(5-13)3-9(2-7)6-13/h7-9H,1-6H2,(H2,14,16)(H,15,17,18). The molecule has 0 unspecified atom stereocenters. The van der Waals surface area contributed by atoms with E-state index in [1.165, 1.54) is 38.5 Å². The van der Waals surface area contributed by atoms with Crippen LogP contribution in [0.15, 0.2) is 4.79 Å². The summed E-state index contributed by atoms with van der Waals surface area (Å²) in [7, 11) is 0. The highest BCUT2D eigenvalue weighted by atomic mass is 16.1. The van der Waals surface area contributed by atoms with Crippen molar-refractivity contribution in [2.75, 3.05) is 5.73 Å². The van der Waals surface area contributed by atoms with Gasteiger partial charge in [0.15, 0.2) is 0 Å². The van der Waals surface area contributed by atoms with Crippen molar-refractivity contribution in [3.05, 3.63) is 16.2 Å². The largest absolute Gasteiger partial charge is 0.378 e. The van der Waals surface area contributed by atoms with E-state index in [4.69, 9.17) is 5.73 Å². The van der Waals surface area contributed by atoms with Gasteiger partial charge in [-0.15, -0.1) is 10.2 Å². The maximum absolute atomic E-state index is 11.6. The van der Waals surface area contributed by atoms with Gasteiger partial charge in [-0.2, -0.15) is 0 Å². The molecule has 96 valence electrons. The van der Waals surface area contributed by atoms with Crippen LogP contribution in [0.1, 0.15) is 44.3 Å². The minimum absolute atomic E-state index is 0.0246. The maximum Gasteiger partial charge on any atom is 0.293 e. The summed E-state index contributed by atoms with van der Waals surface area (Å²) in [5.74, 6) is 3.27. The van der Waals surface area contributed by atoms with Crippen molar-refractivity contribution in [2.45, 2.75) is 43.9 Å². The Hall–Kier alpha value is -1.39. The number of nitrogen functional groups attached to an aromatic ring is 1. The Kier molecular flexibility index (Phi) is 1.95. The molecular formula is C13H18N4O. The van der Waals surface area contributed by atoms with Crippen LogP contribution in [0.25, 0.3) is 0 Å². The van der Waals surface area contributed by atoms with Gasteiger partial charge in [0.25, 0.3) is 5.56 Å². The Balaban J connectivity index is 1.79. The fourth-order valence-electron chi connectivity index (χ4n) is 4.99. The number of aromatic amines is 1. The Morgan fingerprint density at radius 3 is 2.11 bits per heavy atom. The second kappa shape index (κ2) is 3.33. The summed E-state index contributed by atoms with van der Waals surface area (Å²) >= 11 is 0. The number of anilines is 1. The Labute approximate surface area is 105 Å². The number of hydrogen-bond acceptors (Lipinski definition) is 4. The SMILES string of the molecule is Nc1nnc(C23CC4CC(CC(C4)C2)C3)[nH]c1=O. The molecule has 0 radical (unpaired) electrons. The van der Waals surface area contributed by atoms with Crippen molar-refractivity contribution >= 4 is 5.82 Å². The van der Waals surface area contributed by atoms with Crippen LogP contribution in [0.5, 0.6) is 0 Å². The second-order valence-electron chi connectivity index (χ2n) is 6.59. The minimum Gasteiger partial charge on any atom is -0.378 e. The molecule has 1 aromatic heterocycles. The van der Waals surface area contributed by atoms with Crippen molar-refractivity contribution in [2.24, 2.45) is 17.8 Å². The summed E-state index contributed by atoms with van der Waals surface area (Å²) < 4.78 is 0. The van der Waals surface area contributed by atoms with Gasteiger partial charge in [-0.3, -0.25) is 4.79 Å². The third-order valence-electron chi connectivity index (χ3n) is 5.26. The summed E-state index contributed by atoms with van der Waals surface area (Å²) in [6.45, 7) is 0. The molecule has 5 heteroatoms. The summed E-state index contributed by atoms with van der Waals surface area (Å²) in [5.41, 5.74) is 5.27. The van der Waals surface area contributed by atoms with Gasteiger partial charge >= 0.3 is 0 Å². The predicted octanol–water partition coefficient (Wildman–Crippen LogP) is 1.21. The Bertz CT molecular complexity index is 515. The van der Waals surface area contributed by atoms with E-state index in [9.17, 15) is 4.79 Å². The number of nitrogens with two attached hydrogens (primary N) is 1. The average Bonchev–Trinajstić information content (AvgIpc) is 2.31. The Morgan fingerprint density at radius 1 is 1.06 bits per heavy atom. The average molecular weight is 246 g/mol. The fraction of sp³-hybridized carbons (Fsp3) is 0.769.